The van der Waals surface area contributed by atoms with Crippen LogP contribution in [0.1, 0.15) is 0 Å². The van der Waals surface area contributed by atoms with Crippen molar-refractivity contribution in [3.8, 4) is 12.3 Å². The van der Waals surface area contributed by atoms with E-state index in [1.165, 1.54) is 6.20 Å². The standard InChI is InChI=1S/C11H8ClN3/c1-2-5-13-8-3-4-9-10(6-8)15-11(12)7-14-9/h1,3-4,6-7,13H,5H2. The lowest BCUT2D eigenvalue weighted by molar-refractivity contribution is 1.29. The van der Waals surface area contributed by atoms with Crippen molar-refractivity contribution >= 4 is 28.3 Å². The van der Waals surface area contributed by atoms with Crippen LogP contribution in [0.4, 0.5) is 5.69 Å². The van der Waals surface area contributed by atoms with Gasteiger partial charge in [-0.25, -0.2) is 4.98 Å². The lowest BCUT2D eigenvalue weighted by Crippen LogP contribution is -1.98. The summed E-state index contributed by atoms with van der Waals surface area (Å²) >= 11 is 5.75. The largest absolute Gasteiger partial charge is 0.374 e. The summed E-state index contributed by atoms with van der Waals surface area (Å²) in [6, 6.07) is 5.64. The van der Waals surface area contributed by atoms with Gasteiger partial charge in [-0.2, -0.15) is 0 Å². The molecule has 0 radical (unpaired) electrons. The summed E-state index contributed by atoms with van der Waals surface area (Å²) in [5, 5.41) is 3.44. The van der Waals surface area contributed by atoms with Crippen LogP contribution in [0.15, 0.2) is 24.4 Å². The summed E-state index contributed by atoms with van der Waals surface area (Å²) in [7, 11) is 0. The van der Waals surface area contributed by atoms with Gasteiger partial charge in [-0.15, -0.1) is 6.42 Å². The summed E-state index contributed by atoms with van der Waals surface area (Å²) in [5.74, 6) is 2.50. The Hall–Kier alpha value is -1.79. The molecule has 0 spiro atoms. The van der Waals surface area contributed by atoms with E-state index in [9.17, 15) is 0 Å². The van der Waals surface area contributed by atoms with Crippen LogP contribution in [0.2, 0.25) is 5.15 Å². The topological polar surface area (TPSA) is 37.8 Å². The number of hydrogen-bond acceptors (Lipinski definition) is 3. The van der Waals surface area contributed by atoms with Crippen LogP contribution < -0.4 is 5.32 Å². The zero-order valence-electron chi connectivity index (χ0n) is 7.87. The molecule has 15 heavy (non-hydrogen) atoms. The number of nitrogens with zero attached hydrogens (tertiary/aromatic N) is 2. The lowest BCUT2D eigenvalue weighted by Gasteiger charge is -2.03. The predicted molar refractivity (Wildman–Crippen MR) is 61.9 cm³/mol. The molecular weight excluding hydrogens is 210 g/mol. The fourth-order valence-corrected chi connectivity index (χ4v) is 1.39. The number of halogens is 1. The predicted octanol–water partition coefficient (Wildman–Crippen LogP) is 2.33. The number of anilines is 1. The van der Waals surface area contributed by atoms with Gasteiger partial charge in [0.05, 0.1) is 23.8 Å². The Morgan fingerprint density at radius 3 is 3.07 bits per heavy atom. The lowest BCUT2D eigenvalue weighted by atomic mass is 10.2. The average molecular weight is 218 g/mol. The van der Waals surface area contributed by atoms with Gasteiger partial charge in [0.1, 0.15) is 5.15 Å². The smallest absolute Gasteiger partial charge is 0.148 e. The van der Waals surface area contributed by atoms with Crippen LogP contribution in [0.25, 0.3) is 11.0 Å². The molecule has 0 saturated heterocycles. The van der Waals surface area contributed by atoms with Crippen LogP contribution in [-0.2, 0) is 0 Å². The van der Waals surface area contributed by atoms with Gasteiger partial charge in [0, 0.05) is 5.69 Å². The fraction of sp³-hybridized carbons (Fsp3) is 0.0909. The number of fused-ring (bicyclic) bond motifs is 1. The van der Waals surface area contributed by atoms with Crippen LogP contribution in [0.5, 0.6) is 0 Å². The first-order valence-corrected chi connectivity index (χ1v) is 4.77. The minimum atomic E-state index is 0.386. The molecule has 0 aliphatic carbocycles. The van der Waals surface area contributed by atoms with Gasteiger partial charge in [-0.1, -0.05) is 17.5 Å². The van der Waals surface area contributed by atoms with Gasteiger partial charge < -0.3 is 5.32 Å². The summed E-state index contributed by atoms with van der Waals surface area (Å²) < 4.78 is 0. The first kappa shape index (κ1) is 9.75. The summed E-state index contributed by atoms with van der Waals surface area (Å²) in [6.07, 6.45) is 6.68. The average Bonchev–Trinajstić information content (AvgIpc) is 2.25. The zero-order chi connectivity index (χ0) is 10.7. The van der Waals surface area contributed by atoms with Gasteiger partial charge >= 0.3 is 0 Å². The van der Waals surface area contributed by atoms with E-state index in [2.05, 4.69) is 21.2 Å². The van der Waals surface area contributed by atoms with E-state index < -0.39 is 0 Å². The quantitative estimate of drug-likeness (QED) is 0.785. The van der Waals surface area contributed by atoms with E-state index in [1.807, 2.05) is 18.2 Å². The van der Waals surface area contributed by atoms with Gasteiger partial charge in [-0.3, -0.25) is 4.98 Å². The molecule has 1 N–H and O–H groups in total. The van der Waals surface area contributed by atoms with Crippen molar-refractivity contribution < 1.29 is 0 Å². The van der Waals surface area contributed by atoms with E-state index in [4.69, 9.17) is 18.0 Å². The SMILES string of the molecule is C#CCNc1ccc2ncc(Cl)nc2c1. The molecule has 0 unspecified atom stereocenters. The van der Waals surface area contributed by atoms with Gasteiger partial charge in [0.25, 0.3) is 0 Å². The third-order valence-electron chi connectivity index (χ3n) is 1.91. The second kappa shape index (κ2) is 4.16. The summed E-state index contributed by atoms with van der Waals surface area (Å²) in [4.78, 5) is 8.30. The van der Waals surface area contributed by atoms with Crippen LogP contribution in [0.3, 0.4) is 0 Å². The number of hydrogen-bond donors (Lipinski definition) is 1. The summed E-state index contributed by atoms with van der Waals surface area (Å²) in [6.45, 7) is 0.486. The molecule has 74 valence electrons. The van der Waals surface area contributed by atoms with E-state index >= 15 is 0 Å². The molecule has 4 heteroatoms. The molecule has 0 fully saturated rings. The molecule has 3 nitrogen and oxygen atoms in total. The number of rotatable bonds is 2. The highest BCUT2D eigenvalue weighted by atomic mass is 35.5. The molecule has 2 aromatic rings. The first-order chi connectivity index (χ1) is 7.29. The molecule has 0 atom stereocenters. The van der Waals surface area contributed by atoms with Gasteiger partial charge in [-0.05, 0) is 18.2 Å². The molecule has 0 aliphatic rings. The minimum absolute atomic E-state index is 0.386. The third kappa shape index (κ3) is 2.17. The van der Waals surface area contributed by atoms with Gasteiger partial charge in [0.15, 0.2) is 0 Å². The monoisotopic (exact) mass is 217 g/mol. The summed E-state index contributed by atoms with van der Waals surface area (Å²) in [5.41, 5.74) is 2.48. The van der Waals surface area contributed by atoms with Crippen LogP contribution in [0, 0.1) is 12.3 Å². The highest BCUT2D eigenvalue weighted by molar-refractivity contribution is 6.29. The maximum atomic E-state index is 5.75. The normalized spacial score (nSPS) is 9.87. The molecule has 0 amide bonds. The van der Waals surface area contributed by atoms with Crippen molar-refractivity contribution in [2.24, 2.45) is 0 Å². The molecule has 0 saturated carbocycles. The molecule has 0 bridgehead atoms. The Kier molecular flexibility index (Phi) is 2.70. The fourth-order valence-electron chi connectivity index (χ4n) is 1.25. The Balaban J connectivity index is 2.41. The maximum Gasteiger partial charge on any atom is 0.148 e. The molecule has 1 aromatic heterocycles. The first-order valence-electron chi connectivity index (χ1n) is 4.39. The minimum Gasteiger partial charge on any atom is -0.374 e. The Morgan fingerprint density at radius 2 is 2.27 bits per heavy atom. The molecule has 1 aromatic carbocycles. The Labute approximate surface area is 92.5 Å². The van der Waals surface area contributed by atoms with Crippen molar-refractivity contribution in [2.75, 3.05) is 11.9 Å². The number of terminal acetylenes is 1. The highest BCUT2D eigenvalue weighted by Crippen LogP contribution is 2.17. The number of benzene rings is 1. The van der Waals surface area contributed by atoms with Crippen LogP contribution in [-0.4, -0.2) is 16.5 Å². The van der Waals surface area contributed by atoms with Crippen molar-refractivity contribution in [1.82, 2.24) is 9.97 Å². The number of nitrogens with one attached hydrogen (secondary N) is 1. The van der Waals surface area contributed by atoms with E-state index in [-0.39, 0.29) is 0 Å². The molecule has 0 aliphatic heterocycles. The van der Waals surface area contributed by atoms with E-state index in [1.54, 1.807) is 0 Å². The number of aromatic nitrogens is 2. The van der Waals surface area contributed by atoms with Crippen molar-refractivity contribution in [2.45, 2.75) is 0 Å². The Morgan fingerprint density at radius 1 is 1.40 bits per heavy atom. The highest BCUT2D eigenvalue weighted by Gasteiger charge is 1.99. The van der Waals surface area contributed by atoms with Gasteiger partial charge in [0.2, 0.25) is 0 Å². The molecular formula is C11H8ClN3. The van der Waals surface area contributed by atoms with E-state index in [0.717, 1.165) is 16.7 Å². The molecule has 1 heterocycles. The van der Waals surface area contributed by atoms with Crippen molar-refractivity contribution in [3.63, 3.8) is 0 Å². The zero-order valence-corrected chi connectivity index (χ0v) is 8.62. The van der Waals surface area contributed by atoms with Crippen LogP contribution >= 0.6 is 11.6 Å². The van der Waals surface area contributed by atoms with Crippen molar-refractivity contribution in [3.05, 3.63) is 29.5 Å². The maximum absolute atomic E-state index is 5.75. The second-order valence-corrected chi connectivity index (χ2v) is 3.34. The third-order valence-corrected chi connectivity index (χ3v) is 2.09. The molecule has 2 rings (SSSR count). The van der Waals surface area contributed by atoms with Crippen molar-refractivity contribution in [1.29, 1.82) is 0 Å². The Bertz CT molecular complexity index is 531. The second-order valence-electron chi connectivity index (χ2n) is 2.95. The van der Waals surface area contributed by atoms with E-state index in [0.29, 0.717) is 11.7 Å².